The number of nitrogens with one attached hydrogen (secondary N) is 1. The Morgan fingerprint density at radius 3 is 2.46 bits per heavy atom. The van der Waals surface area contributed by atoms with Crippen molar-refractivity contribution in [3.63, 3.8) is 0 Å². The number of carbonyl (C=O) groups excluding carboxylic acids is 1. The van der Waals surface area contributed by atoms with Crippen molar-refractivity contribution >= 4 is 39.1 Å². The number of benzene rings is 1. The molecular weight excluding hydrogens is 421 g/mol. The number of carbonyl (C=O) groups is 1. The predicted molar refractivity (Wildman–Crippen MR) is 111 cm³/mol. The third-order valence-electron chi connectivity index (χ3n) is 5.91. The normalized spacial score (nSPS) is 24.1. The third-order valence-corrected chi connectivity index (χ3v) is 8.54. The number of amides is 1. The zero-order valence-electron chi connectivity index (χ0n) is 16.4. The maximum absolute atomic E-state index is 13.0. The number of sulfonamides is 1. The Hall–Kier alpha value is -0.860. The molecule has 1 spiro atoms. The van der Waals surface area contributed by atoms with Gasteiger partial charge in [-0.1, -0.05) is 43.5 Å². The van der Waals surface area contributed by atoms with Gasteiger partial charge in [-0.2, -0.15) is 4.31 Å². The van der Waals surface area contributed by atoms with Gasteiger partial charge in [0.05, 0.1) is 26.6 Å². The van der Waals surface area contributed by atoms with Crippen LogP contribution in [0, 0.1) is 5.92 Å². The molecule has 1 aromatic carbocycles. The van der Waals surface area contributed by atoms with Gasteiger partial charge in [0.2, 0.25) is 15.9 Å². The van der Waals surface area contributed by atoms with Crippen LogP contribution in [-0.4, -0.2) is 54.9 Å². The molecule has 9 heteroatoms. The number of halogens is 2. The molecule has 1 aromatic rings. The fourth-order valence-corrected chi connectivity index (χ4v) is 5.82. The summed E-state index contributed by atoms with van der Waals surface area (Å²) in [5.74, 6) is 0.493. The summed E-state index contributed by atoms with van der Waals surface area (Å²) in [5, 5.41) is 3.98. The van der Waals surface area contributed by atoms with Crippen LogP contribution in [-0.2, 0) is 14.8 Å². The summed E-state index contributed by atoms with van der Waals surface area (Å²) in [7, 11) is -3.66. The first-order valence-electron chi connectivity index (χ1n) is 9.65. The Bertz CT molecular complexity index is 854. The Morgan fingerprint density at radius 1 is 1.25 bits per heavy atom. The zero-order valence-corrected chi connectivity index (χ0v) is 18.7. The van der Waals surface area contributed by atoms with Gasteiger partial charge in [0.25, 0.3) is 0 Å². The summed E-state index contributed by atoms with van der Waals surface area (Å²) < 4.78 is 27.5. The van der Waals surface area contributed by atoms with E-state index in [-0.39, 0.29) is 21.9 Å². The number of nitrogens with zero attached hydrogens (tertiary/aromatic N) is 2. The van der Waals surface area contributed by atoms with Gasteiger partial charge in [-0.3, -0.25) is 10.1 Å². The van der Waals surface area contributed by atoms with Crippen molar-refractivity contribution in [3.05, 3.63) is 28.2 Å². The second kappa shape index (κ2) is 8.11. The van der Waals surface area contributed by atoms with Gasteiger partial charge in [-0.05, 0) is 43.9 Å². The highest BCUT2D eigenvalue weighted by Gasteiger charge is 2.51. The molecule has 2 atom stereocenters. The average molecular weight is 448 g/mol. The first-order valence-corrected chi connectivity index (χ1v) is 11.8. The lowest BCUT2D eigenvalue weighted by atomic mass is 9.95. The molecule has 2 saturated heterocycles. The van der Waals surface area contributed by atoms with E-state index >= 15 is 0 Å². The first-order chi connectivity index (χ1) is 13.1. The molecule has 6 nitrogen and oxygen atoms in total. The van der Waals surface area contributed by atoms with E-state index in [2.05, 4.69) is 19.2 Å². The summed E-state index contributed by atoms with van der Waals surface area (Å²) in [6, 6.07) is 4.11. The van der Waals surface area contributed by atoms with Crippen LogP contribution in [0.3, 0.4) is 0 Å². The lowest BCUT2D eigenvalue weighted by molar-refractivity contribution is -0.133. The molecule has 156 valence electrons. The SMILES string of the molecule is CC[C@H](C)CN1C(=O)[C@@H](C)NC12CCN(S(=O)(=O)c1ccc(Cl)c(Cl)c1)CC2. The third kappa shape index (κ3) is 3.92. The van der Waals surface area contributed by atoms with Crippen LogP contribution in [0.25, 0.3) is 0 Å². The van der Waals surface area contributed by atoms with E-state index in [0.717, 1.165) is 6.42 Å². The molecule has 2 aliphatic heterocycles. The quantitative estimate of drug-likeness (QED) is 0.750. The second-order valence-electron chi connectivity index (χ2n) is 7.84. The van der Waals surface area contributed by atoms with Crippen LogP contribution in [0.1, 0.15) is 40.0 Å². The minimum absolute atomic E-state index is 0.0982. The standard InChI is InChI=1S/C19H27Cl2N3O3S/c1-4-13(2)12-24-18(25)14(3)22-19(24)7-9-23(10-8-19)28(26,27)15-5-6-16(20)17(21)11-15/h5-6,11,13-14,22H,4,7-10,12H2,1-3H3/t13-,14+/m0/s1. The molecule has 2 aliphatic rings. The molecule has 0 bridgehead atoms. The Kier molecular flexibility index (Phi) is 6.32. The van der Waals surface area contributed by atoms with Crippen LogP contribution < -0.4 is 5.32 Å². The number of rotatable bonds is 5. The molecule has 2 fully saturated rings. The van der Waals surface area contributed by atoms with Crippen molar-refractivity contribution in [2.75, 3.05) is 19.6 Å². The maximum atomic E-state index is 13.0. The van der Waals surface area contributed by atoms with E-state index in [1.54, 1.807) is 0 Å². The lowest BCUT2D eigenvalue weighted by Gasteiger charge is -2.45. The number of hydrogen-bond donors (Lipinski definition) is 1. The highest BCUT2D eigenvalue weighted by Crippen LogP contribution is 2.35. The number of hydrogen-bond acceptors (Lipinski definition) is 4. The van der Waals surface area contributed by atoms with E-state index < -0.39 is 15.7 Å². The molecule has 0 radical (unpaired) electrons. The largest absolute Gasteiger partial charge is 0.323 e. The molecular formula is C19H27Cl2N3O3S. The molecule has 0 aliphatic carbocycles. The molecule has 0 aromatic heterocycles. The first kappa shape index (κ1) is 21.8. The van der Waals surface area contributed by atoms with Crippen molar-refractivity contribution in [1.82, 2.24) is 14.5 Å². The van der Waals surface area contributed by atoms with Crippen molar-refractivity contribution in [2.45, 2.75) is 56.6 Å². The van der Waals surface area contributed by atoms with Gasteiger partial charge in [-0.25, -0.2) is 8.42 Å². The van der Waals surface area contributed by atoms with E-state index in [0.29, 0.717) is 43.4 Å². The smallest absolute Gasteiger partial charge is 0.243 e. The van der Waals surface area contributed by atoms with Crippen LogP contribution in [0.2, 0.25) is 10.0 Å². The van der Waals surface area contributed by atoms with Crippen LogP contribution in [0.4, 0.5) is 0 Å². The predicted octanol–water partition coefficient (Wildman–Crippen LogP) is 3.34. The summed E-state index contributed by atoms with van der Waals surface area (Å²) in [6.45, 7) is 7.49. The van der Waals surface area contributed by atoms with Crippen LogP contribution in [0.5, 0.6) is 0 Å². The molecule has 3 rings (SSSR count). The van der Waals surface area contributed by atoms with Gasteiger partial charge in [0.15, 0.2) is 0 Å². The second-order valence-corrected chi connectivity index (χ2v) is 10.6. The molecule has 0 unspecified atom stereocenters. The maximum Gasteiger partial charge on any atom is 0.243 e. The Morgan fingerprint density at radius 2 is 1.89 bits per heavy atom. The molecule has 2 heterocycles. The summed E-state index contributed by atoms with van der Waals surface area (Å²) in [4.78, 5) is 14.8. The van der Waals surface area contributed by atoms with Crippen molar-refractivity contribution in [2.24, 2.45) is 5.92 Å². The minimum atomic E-state index is -3.66. The van der Waals surface area contributed by atoms with Crippen molar-refractivity contribution in [3.8, 4) is 0 Å². The van der Waals surface area contributed by atoms with Gasteiger partial charge in [0.1, 0.15) is 0 Å². The molecule has 1 amide bonds. The van der Waals surface area contributed by atoms with E-state index in [1.807, 2.05) is 11.8 Å². The fraction of sp³-hybridized carbons (Fsp3) is 0.632. The highest BCUT2D eigenvalue weighted by molar-refractivity contribution is 7.89. The van der Waals surface area contributed by atoms with Gasteiger partial charge >= 0.3 is 0 Å². The van der Waals surface area contributed by atoms with Crippen molar-refractivity contribution in [1.29, 1.82) is 0 Å². The lowest BCUT2D eigenvalue weighted by Crippen LogP contribution is -2.60. The van der Waals surface area contributed by atoms with Crippen LogP contribution in [0.15, 0.2) is 23.1 Å². The minimum Gasteiger partial charge on any atom is -0.323 e. The fourth-order valence-electron chi connectivity index (χ4n) is 3.99. The zero-order chi connectivity index (χ0) is 20.7. The molecule has 28 heavy (non-hydrogen) atoms. The number of piperidine rings is 1. The molecule has 0 saturated carbocycles. The van der Waals surface area contributed by atoms with E-state index in [1.165, 1.54) is 22.5 Å². The monoisotopic (exact) mass is 447 g/mol. The van der Waals surface area contributed by atoms with Gasteiger partial charge < -0.3 is 4.90 Å². The van der Waals surface area contributed by atoms with Gasteiger partial charge in [-0.15, -0.1) is 0 Å². The van der Waals surface area contributed by atoms with E-state index in [9.17, 15) is 13.2 Å². The Balaban J connectivity index is 1.78. The van der Waals surface area contributed by atoms with Gasteiger partial charge in [0, 0.05) is 19.6 Å². The summed E-state index contributed by atoms with van der Waals surface area (Å²) in [5.41, 5.74) is -0.469. The Labute approximate surface area is 177 Å². The summed E-state index contributed by atoms with van der Waals surface area (Å²) >= 11 is 11.9. The molecule has 1 N–H and O–H groups in total. The van der Waals surface area contributed by atoms with E-state index in [4.69, 9.17) is 23.2 Å². The average Bonchev–Trinajstić information content (AvgIpc) is 2.88. The summed E-state index contributed by atoms with van der Waals surface area (Å²) in [6.07, 6.45) is 2.10. The highest BCUT2D eigenvalue weighted by atomic mass is 35.5. The topological polar surface area (TPSA) is 69.7 Å². The van der Waals surface area contributed by atoms with Crippen LogP contribution >= 0.6 is 23.2 Å². The van der Waals surface area contributed by atoms with Crippen molar-refractivity contribution < 1.29 is 13.2 Å².